The number of rotatable bonds is 8. The van der Waals surface area contributed by atoms with Gasteiger partial charge in [-0.1, -0.05) is 12.1 Å². The van der Waals surface area contributed by atoms with Crippen molar-refractivity contribution in [2.45, 2.75) is 29.5 Å². The van der Waals surface area contributed by atoms with Crippen molar-refractivity contribution in [1.29, 1.82) is 0 Å². The Morgan fingerprint density at radius 1 is 1.15 bits per heavy atom. The van der Waals surface area contributed by atoms with Crippen LogP contribution in [0.2, 0.25) is 0 Å². The highest BCUT2D eigenvalue weighted by Crippen LogP contribution is 2.26. The lowest BCUT2D eigenvalue weighted by Crippen LogP contribution is -2.35. The monoisotopic (exact) mass is 377 g/mol. The maximum Gasteiger partial charge on any atom is 0.305 e. The Kier molecular flexibility index (Phi) is 7.03. The molecule has 0 aliphatic heterocycles. The summed E-state index contributed by atoms with van der Waals surface area (Å²) in [7, 11) is 1.58. The molecule has 0 fully saturated rings. The van der Waals surface area contributed by atoms with Crippen molar-refractivity contribution in [3.05, 3.63) is 59.9 Å². The third kappa shape index (κ3) is 5.77. The molecule has 0 bridgehead atoms. The first-order valence-corrected chi connectivity index (χ1v) is 8.85. The normalized spacial score (nSPS) is 12.9. The van der Waals surface area contributed by atoms with Crippen LogP contribution in [0.1, 0.15) is 24.9 Å². The molecule has 0 saturated carbocycles. The van der Waals surface area contributed by atoms with Crippen molar-refractivity contribution in [3.8, 4) is 5.75 Å². The predicted octanol–water partition coefficient (Wildman–Crippen LogP) is 3.65. The minimum atomic E-state index is -1.05. The fourth-order valence-electron chi connectivity index (χ4n) is 2.32. The number of halogens is 1. The maximum atomic E-state index is 13.1. The van der Waals surface area contributed by atoms with Crippen molar-refractivity contribution in [2.75, 3.05) is 7.11 Å². The van der Waals surface area contributed by atoms with Crippen LogP contribution < -0.4 is 10.1 Å². The molecule has 0 aromatic heterocycles. The maximum absolute atomic E-state index is 13.1. The van der Waals surface area contributed by atoms with E-state index in [2.05, 4.69) is 5.32 Å². The Hall–Kier alpha value is -2.54. The molecule has 0 heterocycles. The zero-order valence-corrected chi connectivity index (χ0v) is 15.3. The van der Waals surface area contributed by atoms with Gasteiger partial charge in [-0.3, -0.25) is 9.59 Å². The number of carbonyl (C=O) groups excluding carboxylic acids is 1. The molecule has 0 spiro atoms. The Balaban J connectivity index is 2.04. The largest absolute Gasteiger partial charge is 0.497 e. The topological polar surface area (TPSA) is 75.6 Å². The molecular weight excluding hydrogens is 357 g/mol. The smallest absolute Gasteiger partial charge is 0.305 e. The van der Waals surface area contributed by atoms with Gasteiger partial charge in [0.05, 0.1) is 24.8 Å². The van der Waals surface area contributed by atoms with Gasteiger partial charge in [0, 0.05) is 4.90 Å². The van der Waals surface area contributed by atoms with Gasteiger partial charge in [-0.2, -0.15) is 0 Å². The van der Waals surface area contributed by atoms with Crippen LogP contribution in [0.25, 0.3) is 0 Å². The predicted molar refractivity (Wildman–Crippen MR) is 97.8 cm³/mol. The number of methoxy groups -OCH3 is 1. The Morgan fingerprint density at radius 3 is 2.31 bits per heavy atom. The summed E-state index contributed by atoms with van der Waals surface area (Å²) in [5.74, 6) is -1.03. The third-order valence-corrected chi connectivity index (χ3v) is 4.82. The summed E-state index contributed by atoms with van der Waals surface area (Å²) >= 11 is 1.35. The standard InChI is InChI=1S/C19H20FNO4S/c1-12(26-16-9-7-15(25-2)8-10-16)19(24)21-17(11-18(22)23)13-3-5-14(20)6-4-13/h3-10,12,17H,11H2,1-2H3,(H,21,24)(H,22,23). The van der Waals surface area contributed by atoms with E-state index in [0.29, 0.717) is 5.56 Å². The Labute approximate surface area is 155 Å². The van der Waals surface area contributed by atoms with E-state index in [1.165, 1.54) is 36.0 Å². The van der Waals surface area contributed by atoms with Gasteiger partial charge in [-0.15, -0.1) is 11.8 Å². The number of hydrogen-bond donors (Lipinski definition) is 2. The number of hydrogen-bond acceptors (Lipinski definition) is 4. The summed E-state index contributed by atoms with van der Waals surface area (Å²) < 4.78 is 18.2. The summed E-state index contributed by atoms with van der Waals surface area (Å²) in [5, 5.41) is 11.4. The lowest BCUT2D eigenvalue weighted by Gasteiger charge is -2.20. The van der Waals surface area contributed by atoms with Gasteiger partial charge in [0.25, 0.3) is 0 Å². The van der Waals surface area contributed by atoms with E-state index in [1.54, 1.807) is 26.2 Å². The average Bonchev–Trinajstić information content (AvgIpc) is 2.62. The molecule has 0 radical (unpaired) electrons. The van der Waals surface area contributed by atoms with E-state index < -0.39 is 23.1 Å². The Bertz CT molecular complexity index is 749. The molecule has 5 nitrogen and oxygen atoms in total. The molecule has 2 unspecified atom stereocenters. The van der Waals surface area contributed by atoms with Crippen molar-refractivity contribution in [2.24, 2.45) is 0 Å². The van der Waals surface area contributed by atoms with E-state index in [-0.39, 0.29) is 12.3 Å². The van der Waals surface area contributed by atoms with E-state index in [9.17, 15) is 14.0 Å². The number of aliphatic carboxylic acids is 1. The molecule has 0 aliphatic carbocycles. The third-order valence-electron chi connectivity index (χ3n) is 3.71. The van der Waals surface area contributed by atoms with Gasteiger partial charge in [0.1, 0.15) is 11.6 Å². The molecule has 2 rings (SSSR count). The second-order valence-electron chi connectivity index (χ2n) is 5.65. The fourth-order valence-corrected chi connectivity index (χ4v) is 3.20. The Morgan fingerprint density at radius 2 is 1.77 bits per heavy atom. The number of thioether (sulfide) groups is 1. The molecule has 2 N–H and O–H groups in total. The van der Waals surface area contributed by atoms with Crippen molar-refractivity contribution in [3.63, 3.8) is 0 Å². The summed E-state index contributed by atoms with van der Waals surface area (Å²) in [4.78, 5) is 24.5. The quantitative estimate of drug-likeness (QED) is 0.687. The van der Waals surface area contributed by atoms with Gasteiger partial charge >= 0.3 is 5.97 Å². The van der Waals surface area contributed by atoms with Gasteiger partial charge in [0.15, 0.2) is 0 Å². The highest BCUT2D eigenvalue weighted by atomic mass is 32.2. The van der Waals surface area contributed by atoms with E-state index in [4.69, 9.17) is 9.84 Å². The highest BCUT2D eigenvalue weighted by Gasteiger charge is 2.22. The first-order valence-electron chi connectivity index (χ1n) is 7.97. The van der Waals surface area contributed by atoms with Crippen LogP contribution in [-0.2, 0) is 9.59 Å². The van der Waals surface area contributed by atoms with E-state index >= 15 is 0 Å². The van der Waals surface area contributed by atoms with Crippen LogP contribution in [0, 0.1) is 5.82 Å². The number of nitrogens with one attached hydrogen (secondary N) is 1. The van der Waals surface area contributed by atoms with E-state index in [0.717, 1.165) is 10.6 Å². The van der Waals surface area contributed by atoms with Crippen molar-refractivity contribution < 1.29 is 23.8 Å². The summed E-state index contributed by atoms with van der Waals surface area (Å²) in [6.45, 7) is 1.74. The number of benzene rings is 2. The lowest BCUT2D eigenvalue weighted by molar-refractivity contribution is -0.137. The highest BCUT2D eigenvalue weighted by molar-refractivity contribution is 8.00. The summed E-state index contributed by atoms with van der Waals surface area (Å²) in [6.07, 6.45) is -0.280. The molecule has 138 valence electrons. The summed E-state index contributed by atoms with van der Waals surface area (Å²) in [6, 6.07) is 12.0. The lowest BCUT2D eigenvalue weighted by atomic mass is 10.0. The van der Waals surface area contributed by atoms with Gasteiger partial charge < -0.3 is 15.2 Å². The first kappa shape index (κ1) is 19.8. The number of amides is 1. The molecule has 7 heteroatoms. The average molecular weight is 377 g/mol. The fraction of sp³-hybridized carbons (Fsp3) is 0.263. The van der Waals surface area contributed by atoms with Crippen LogP contribution in [-0.4, -0.2) is 29.3 Å². The molecule has 26 heavy (non-hydrogen) atoms. The minimum absolute atomic E-state index is 0.280. The van der Waals surface area contributed by atoms with Crippen LogP contribution in [0.4, 0.5) is 4.39 Å². The second kappa shape index (κ2) is 9.24. The molecule has 1 amide bonds. The number of ether oxygens (including phenoxy) is 1. The zero-order valence-electron chi connectivity index (χ0n) is 14.4. The molecule has 0 aliphatic rings. The van der Waals surface area contributed by atoms with Gasteiger partial charge in [0.2, 0.25) is 5.91 Å². The van der Waals surface area contributed by atoms with Crippen molar-refractivity contribution in [1.82, 2.24) is 5.32 Å². The van der Waals surface area contributed by atoms with Crippen LogP contribution in [0.15, 0.2) is 53.4 Å². The van der Waals surface area contributed by atoms with Crippen LogP contribution in [0.3, 0.4) is 0 Å². The minimum Gasteiger partial charge on any atom is -0.497 e. The number of carboxylic acids is 1. The number of carbonyl (C=O) groups is 2. The molecule has 2 aromatic rings. The first-order chi connectivity index (χ1) is 12.4. The molecular formula is C19H20FNO4S. The van der Waals surface area contributed by atoms with Gasteiger partial charge in [-0.05, 0) is 48.9 Å². The SMILES string of the molecule is COc1ccc(SC(C)C(=O)NC(CC(=O)O)c2ccc(F)cc2)cc1. The van der Waals surface area contributed by atoms with Crippen LogP contribution in [0.5, 0.6) is 5.75 Å². The molecule has 0 saturated heterocycles. The van der Waals surface area contributed by atoms with E-state index in [1.807, 2.05) is 12.1 Å². The van der Waals surface area contributed by atoms with Gasteiger partial charge in [-0.25, -0.2) is 4.39 Å². The molecule has 2 atom stereocenters. The molecule has 2 aromatic carbocycles. The summed E-state index contributed by atoms with van der Waals surface area (Å²) in [5.41, 5.74) is 0.545. The second-order valence-corrected chi connectivity index (χ2v) is 7.06. The number of carboxylic acid groups (broad SMARTS) is 1. The van der Waals surface area contributed by atoms with Crippen LogP contribution >= 0.6 is 11.8 Å². The zero-order chi connectivity index (χ0) is 19.1. The van der Waals surface area contributed by atoms with Crippen molar-refractivity contribution >= 4 is 23.6 Å².